The van der Waals surface area contributed by atoms with Gasteiger partial charge in [-0.3, -0.25) is 19.6 Å². The highest BCUT2D eigenvalue weighted by atomic mass is 16.2. The van der Waals surface area contributed by atoms with Crippen LogP contribution in [0.1, 0.15) is 28.8 Å². The molecule has 0 N–H and O–H groups in total. The van der Waals surface area contributed by atoms with E-state index in [9.17, 15) is 9.59 Å². The van der Waals surface area contributed by atoms with Gasteiger partial charge in [0.25, 0.3) is 0 Å². The first-order valence-electron chi connectivity index (χ1n) is 5.08. The van der Waals surface area contributed by atoms with Gasteiger partial charge in [0, 0.05) is 29.7 Å². The van der Waals surface area contributed by atoms with Gasteiger partial charge in [-0.05, 0) is 18.9 Å². The number of hydrogen-bond donors (Lipinski definition) is 0. The van der Waals surface area contributed by atoms with Crippen molar-refractivity contribution >= 4 is 23.5 Å². The number of Topliss-reactive ketones (excluding diaryl/α,β-unsaturated/α-hetero) is 2. The summed E-state index contributed by atoms with van der Waals surface area (Å²) in [5.41, 5.74) is 2.29. The second-order valence-corrected chi connectivity index (χ2v) is 3.76. The molecule has 0 fully saturated rings. The van der Waals surface area contributed by atoms with Crippen LogP contribution in [0.2, 0.25) is 0 Å². The molecule has 2 heterocycles. The predicted octanol–water partition coefficient (Wildman–Crippen LogP) is 1.42. The normalized spacial score (nSPS) is 18.5. The molecule has 1 aliphatic carbocycles. The minimum Gasteiger partial charge on any atom is -0.285 e. The second kappa shape index (κ2) is 3.20. The number of carbonyl (C=O) groups excluding carboxylic acids is 2. The van der Waals surface area contributed by atoms with Gasteiger partial charge in [-0.25, -0.2) is 0 Å². The lowest BCUT2D eigenvalue weighted by atomic mass is 9.86. The van der Waals surface area contributed by atoms with Crippen molar-refractivity contribution in [1.82, 2.24) is 4.98 Å². The monoisotopic (exact) mass is 212 g/mol. The van der Waals surface area contributed by atoms with Gasteiger partial charge in [0.1, 0.15) is 0 Å². The Balaban J connectivity index is 2.33. The van der Waals surface area contributed by atoms with E-state index in [0.29, 0.717) is 23.3 Å². The van der Waals surface area contributed by atoms with Crippen LogP contribution >= 0.6 is 0 Å². The molecule has 0 bridgehead atoms. The SMILES string of the molecule is O=C1C(=O)c2cnccc2C2=C1CCC=N2. The van der Waals surface area contributed by atoms with Crippen molar-refractivity contribution < 1.29 is 9.59 Å². The van der Waals surface area contributed by atoms with Crippen molar-refractivity contribution in [3.05, 3.63) is 35.2 Å². The Bertz CT molecular complexity index is 570. The lowest BCUT2D eigenvalue weighted by Crippen LogP contribution is -2.25. The fourth-order valence-electron chi connectivity index (χ4n) is 2.06. The van der Waals surface area contributed by atoms with E-state index in [-0.39, 0.29) is 0 Å². The highest BCUT2D eigenvalue weighted by Crippen LogP contribution is 2.33. The fourth-order valence-corrected chi connectivity index (χ4v) is 2.06. The number of ketones is 2. The van der Waals surface area contributed by atoms with Gasteiger partial charge >= 0.3 is 0 Å². The number of carbonyl (C=O) groups is 2. The number of hydrogen-bond acceptors (Lipinski definition) is 4. The number of aromatic nitrogens is 1. The number of pyridine rings is 1. The standard InChI is InChI=1S/C12H8N2O2/c15-11-8-2-1-4-14-10(8)7-3-5-13-6-9(7)12(11)16/h3-6H,1-2H2. The number of allylic oxidation sites excluding steroid dienone is 1. The summed E-state index contributed by atoms with van der Waals surface area (Å²) in [6, 6.07) is 1.73. The molecule has 3 rings (SSSR count). The molecule has 1 aromatic rings. The van der Waals surface area contributed by atoms with Crippen LogP contribution in [0.4, 0.5) is 0 Å². The summed E-state index contributed by atoms with van der Waals surface area (Å²) in [5.74, 6) is -0.883. The topological polar surface area (TPSA) is 59.4 Å². The molecule has 0 spiro atoms. The minimum atomic E-state index is -0.459. The number of aliphatic imine (C=N–C) groups is 1. The molecule has 1 aliphatic heterocycles. The first-order chi connectivity index (χ1) is 7.79. The van der Waals surface area contributed by atoms with Crippen molar-refractivity contribution in [3.8, 4) is 0 Å². The van der Waals surface area contributed by atoms with Gasteiger partial charge in [0.2, 0.25) is 11.6 Å². The maximum atomic E-state index is 11.8. The molecule has 0 aromatic carbocycles. The smallest absolute Gasteiger partial charge is 0.235 e. The Morgan fingerprint density at radius 1 is 1.12 bits per heavy atom. The average molecular weight is 212 g/mol. The molecule has 0 saturated heterocycles. The Morgan fingerprint density at radius 2 is 2.00 bits per heavy atom. The highest BCUT2D eigenvalue weighted by molar-refractivity contribution is 6.52. The van der Waals surface area contributed by atoms with Crippen LogP contribution in [0.25, 0.3) is 5.70 Å². The summed E-state index contributed by atoms with van der Waals surface area (Å²) in [6.45, 7) is 0. The van der Waals surface area contributed by atoms with E-state index in [1.807, 2.05) is 0 Å². The molecular weight excluding hydrogens is 204 g/mol. The Hall–Kier alpha value is -2.10. The molecule has 0 unspecified atom stereocenters. The molecule has 0 radical (unpaired) electrons. The van der Waals surface area contributed by atoms with E-state index in [2.05, 4.69) is 9.98 Å². The van der Waals surface area contributed by atoms with Crippen molar-refractivity contribution in [1.29, 1.82) is 0 Å². The first-order valence-corrected chi connectivity index (χ1v) is 5.08. The van der Waals surface area contributed by atoms with E-state index in [0.717, 1.165) is 12.0 Å². The largest absolute Gasteiger partial charge is 0.285 e. The third-order valence-electron chi connectivity index (χ3n) is 2.83. The molecule has 2 aliphatic rings. The Morgan fingerprint density at radius 3 is 2.88 bits per heavy atom. The zero-order valence-corrected chi connectivity index (χ0v) is 8.43. The maximum Gasteiger partial charge on any atom is 0.235 e. The lowest BCUT2D eigenvalue weighted by molar-refractivity contribution is -0.112. The molecule has 0 amide bonds. The molecule has 4 nitrogen and oxygen atoms in total. The number of fused-ring (bicyclic) bond motifs is 2. The van der Waals surface area contributed by atoms with E-state index in [4.69, 9.17) is 0 Å². The van der Waals surface area contributed by atoms with Crippen LogP contribution in [-0.2, 0) is 4.79 Å². The maximum absolute atomic E-state index is 11.8. The summed E-state index contributed by atoms with van der Waals surface area (Å²) < 4.78 is 0. The molecule has 0 saturated carbocycles. The highest BCUT2D eigenvalue weighted by Gasteiger charge is 2.33. The lowest BCUT2D eigenvalue weighted by Gasteiger charge is -2.20. The summed E-state index contributed by atoms with van der Waals surface area (Å²) in [7, 11) is 0. The van der Waals surface area contributed by atoms with Gasteiger partial charge in [-0.15, -0.1) is 0 Å². The third kappa shape index (κ3) is 1.10. The van der Waals surface area contributed by atoms with Crippen molar-refractivity contribution in [3.63, 3.8) is 0 Å². The molecule has 4 heteroatoms. The van der Waals surface area contributed by atoms with E-state index in [1.54, 1.807) is 18.5 Å². The molecule has 0 atom stereocenters. The van der Waals surface area contributed by atoms with E-state index < -0.39 is 11.6 Å². The van der Waals surface area contributed by atoms with Crippen LogP contribution < -0.4 is 0 Å². The van der Waals surface area contributed by atoms with Gasteiger partial charge in [-0.1, -0.05) is 0 Å². The predicted molar refractivity (Wildman–Crippen MR) is 58.2 cm³/mol. The molecule has 16 heavy (non-hydrogen) atoms. The van der Waals surface area contributed by atoms with Gasteiger partial charge < -0.3 is 0 Å². The molecular formula is C12H8N2O2. The van der Waals surface area contributed by atoms with Gasteiger partial charge in [-0.2, -0.15) is 0 Å². The minimum absolute atomic E-state index is 0.366. The molecule has 78 valence electrons. The van der Waals surface area contributed by atoms with E-state index >= 15 is 0 Å². The number of rotatable bonds is 0. The van der Waals surface area contributed by atoms with Gasteiger partial charge in [0.15, 0.2) is 0 Å². The van der Waals surface area contributed by atoms with Crippen LogP contribution in [0.15, 0.2) is 29.0 Å². The zero-order valence-electron chi connectivity index (χ0n) is 8.43. The first kappa shape index (κ1) is 9.15. The molecule has 1 aromatic heterocycles. The van der Waals surface area contributed by atoms with Crippen molar-refractivity contribution in [2.24, 2.45) is 4.99 Å². The summed E-state index contributed by atoms with van der Waals surface area (Å²) in [4.78, 5) is 31.7. The third-order valence-corrected chi connectivity index (χ3v) is 2.83. The van der Waals surface area contributed by atoms with Crippen molar-refractivity contribution in [2.45, 2.75) is 12.8 Å². The quantitative estimate of drug-likeness (QED) is 0.611. The van der Waals surface area contributed by atoms with E-state index in [1.165, 1.54) is 6.20 Å². The zero-order chi connectivity index (χ0) is 11.1. The summed E-state index contributed by atoms with van der Waals surface area (Å²) >= 11 is 0. The summed E-state index contributed by atoms with van der Waals surface area (Å²) in [5, 5.41) is 0. The van der Waals surface area contributed by atoms with Gasteiger partial charge in [0.05, 0.1) is 11.3 Å². The Labute approximate surface area is 91.7 Å². The van der Waals surface area contributed by atoms with Crippen LogP contribution in [0.3, 0.4) is 0 Å². The number of nitrogens with zero attached hydrogens (tertiary/aromatic N) is 2. The average Bonchev–Trinajstić information content (AvgIpc) is 2.36. The fraction of sp³-hybridized carbons (Fsp3) is 0.167. The second-order valence-electron chi connectivity index (χ2n) is 3.76. The van der Waals surface area contributed by atoms with Crippen molar-refractivity contribution in [2.75, 3.05) is 0 Å². The Kier molecular flexibility index (Phi) is 1.83. The van der Waals surface area contributed by atoms with Crippen LogP contribution in [0.5, 0.6) is 0 Å². The van der Waals surface area contributed by atoms with Crippen LogP contribution in [-0.4, -0.2) is 22.8 Å². The summed E-state index contributed by atoms with van der Waals surface area (Å²) in [6.07, 6.45) is 6.15. The van der Waals surface area contributed by atoms with Crippen LogP contribution in [0, 0.1) is 0 Å².